The van der Waals surface area contributed by atoms with Crippen molar-refractivity contribution in [2.45, 2.75) is 58.2 Å². The molecule has 1 aromatic rings. The van der Waals surface area contributed by atoms with Gasteiger partial charge in [-0.1, -0.05) is 18.6 Å². The predicted molar refractivity (Wildman–Crippen MR) is 116 cm³/mol. The van der Waals surface area contributed by atoms with Crippen molar-refractivity contribution in [3.05, 3.63) is 29.8 Å². The zero-order chi connectivity index (χ0) is 17.7. The average Bonchev–Trinajstić information content (AvgIpc) is 2.57. The van der Waals surface area contributed by atoms with E-state index in [1.165, 1.54) is 24.8 Å². The first-order valence-corrected chi connectivity index (χ1v) is 9.51. The fourth-order valence-corrected chi connectivity index (χ4v) is 4.03. The Morgan fingerprint density at radius 2 is 1.96 bits per heavy atom. The molecule has 2 aliphatic rings. The van der Waals surface area contributed by atoms with E-state index in [2.05, 4.69) is 36.6 Å². The number of nitrogens with zero attached hydrogens (tertiary/aromatic N) is 1. The Kier molecular flexibility index (Phi) is 8.01. The van der Waals surface area contributed by atoms with Crippen molar-refractivity contribution in [1.29, 1.82) is 0 Å². The summed E-state index contributed by atoms with van der Waals surface area (Å²) in [6.07, 6.45) is 5.37. The van der Waals surface area contributed by atoms with Crippen molar-refractivity contribution in [3.63, 3.8) is 0 Å². The van der Waals surface area contributed by atoms with Crippen LogP contribution in [-0.2, 0) is 11.3 Å². The van der Waals surface area contributed by atoms with Crippen LogP contribution in [0.5, 0.6) is 5.75 Å². The van der Waals surface area contributed by atoms with Crippen LogP contribution in [-0.4, -0.2) is 38.4 Å². The first-order valence-electron chi connectivity index (χ1n) is 9.51. The molecule has 0 saturated heterocycles. The van der Waals surface area contributed by atoms with Gasteiger partial charge < -0.3 is 20.1 Å². The molecule has 2 saturated carbocycles. The Morgan fingerprint density at radius 3 is 2.50 bits per heavy atom. The summed E-state index contributed by atoms with van der Waals surface area (Å²) in [5.74, 6) is 1.78. The number of rotatable bonds is 7. The van der Waals surface area contributed by atoms with Gasteiger partial charge in [0.05, 0.1) is 19.8 Å². The molecule has 6 heteroatoms. The topological polar surface area (TPSA) is 54.9 Å². The Bertz CT molecular complexity index is 587. The zero-order valence-corrected chi connectivity index (χ0v) is 18.4. The molecule has 2 unspecified atom stereocenters. The second kappa shape index (κ2) is 9.78. The number of nitrogens with one attached hydrogen (secondary N) is 2. The smallest absolute Gasteiger partial charge is 0.191 e. The number of hydrogen-bond acceptors (Lipinski definition) is 3. The summed E-state index contributed by atoms with van der Waals surface area (Å²) in [4.78, 5) is 4.77. The predicted octanol–water partition coefficient (Wildman–Crippen LogP) is 3.72. The van der Waals surface area contributed by atoms with Gasteiger partial charge >= 0.3 is 0 Å². The SMILES string of the molecule is CCNC(=NCc1ccc(OC)cc1)NC1CC(OCC)C12CCC2.I. The quantitative estimate of drug-likeness (QED) is 0.360. The van der Waals surface area contributed by atoms with Gasteiger partial charge in [-0.25, -0.2) is 4.99 Å². The number of hydrogen-bond donors (Lipinski definition) is 2. The van der Waals surface area contributed by atoms with Crippen molar-refractivity contribution in [1.82, 2.24) is 10.6 Å². The number of benzene rings is 1. The summed E-state index contributed by atoms with van der Waals surface area (Å²) >= 11 is 0. The molecule has 0 bridgehead atoms. The molecule has 26 heavy (non-hydrogen) atoms. The largest absolute Gasteiger partial charge is 0.497 e. The molecule has 2 fully saturated rings. The molecule has 0 amide bonds. The molecule has 0 radical (unpaired) electrons. The maximum Gasteiger partial charge on any atom is 0.191 e. The molecule has 5 nitrogen and oxygen atoms in total. The van der Waals surface area contributed by atoms with Gasteiger partial charge in [0, 0.05) is 24.6 Å². The van der Waals surface area contributed by atoms with Crippen LogP contribution in [0.25, 0.3) is 0 Å². The van der Waals surface area contributed by atoms with E-state index in [0.717, 1.165) is 31.3 Å². The van der Waals surface area contributed by atoms with Crippen LogP contribution in [0.15, 0.2) is 29.3 Å². The van der Waals surface area contributed by atoms with Gasteiger partial charge in [-0.15, -0.1) is 24.0 Å². The Balaban J connectivity index is 0.00000243. The van der Waals surface area contributed by atoms with Gasteiger partial charge in [0.1, 0.15) is 5.75 Å². The molecular weight excluding hydrogens is 441 g/mol. The van der Waals surface area contributed by atoms with Gasteiger partial charge in [-0.3, -0.25) is 0 Å². The van der Waals surface area contributed by atoms with E-state index < -0.39 is 0 Å². The minimum Gasteiger partial charge on any atom is -0.497 e. The van der Waals surface area contributed by atoms with E-state index in [1.807, 2.05) is 12.1 Å². The number of methoxy groups -OCH3 is 1. The summed E-state index contributed by atoms with van der Waals surface area (Å²) in [6.45, 7) is 6.53. The summed E-state index contributed by atoms with van der Waals surface area (Å²) in [5.41, 5.74) is 1.52. The molecule has 2 N–H and O–H groups in total. The van der Waals surface area contributed by atoms with Crippen LogP contribution in [0.3, 0.4) is 0 Å². The van der Waals surface area contributed by atoms with E-state index in [1.54, 1.807) is 7.11 Å². The van der Waals surface area contributed by atoms with Crippen LogP contribution in [0.4, 0.5) is 0 Å². The van der Waals surface area contributed by atoms with Crippen LogP contribution in [0.1, 0.15) is 45.1 Å². The highest BCUT2D eigenvalue weighted by Gasteiger charge is 2.59. The fourth-order valence-electron chi connectivity index (χ4n) is 4.03. The molecular formula is C20H32IN3O2. The van der Waals surface area contributed by atoms with Gasteiger partial charge in [-0.2, -0.15) is 0 Å². The minimum absolute atomic E-state index is 0. The second-order valence-electron chi connectivity index (χ2n) is 7.01. The van der Waals surface area contributed by atoms with Crippen molar-refractivity contribution in [2.75, 3.05) is 20.3 Å². The molecule has 1 aromatic carbocycles. The van der Waals surface area contributed by atoms with Gasteiger partial charge in [0.15, 0.2) is 5.96 Å². The lowest BCUT2D eigenvalue weighted by molar-refractivity contribution is -0.168. The number of halogens is 1. The van der Waals surface area contributed by atoms with Crippen molar-refractivity contribution in [3.8, 4) is 5.75 Å². The van der Waals surface area contributed by atoms with Crippen LogP contribution >= 0.6 is 24.0 Å². The molecule has 2 aliphatic carbocycles. The summed E-state index contributed by atoms with van der Waals surface area (Å²) < 4.78 is 11.2. The van der Waals surface area contributed by atoms with Crippen molar-refractivity contribution >= 4 is 29.9 Å². The van der Waals surface area contributed by atoms with Crippen molar-refractivity contribution in [2.24, 2.45) is 10.4 Å². The van der Waals surface area contributed by atoms with Crippen LogP contribution < -0.4 is 15.4 Å². The third-order valence-electron chi connectivity index (χ3n) is 5.67. The van der Waals surface area contributed by atoms with E-state index in [4.69, 9.17) is 14.5 Å². The summed E-state index contributed by atoms with van der Waals surface area (Å²) in [6, 6.07) is 8.56. The molecule has 0 heterocycles. The molecule has 0 aromatic heterocycles. The fraction of sp³-hybridized carbons (Fsp3) is 0.650. The van der Waals surface area contributed by atoms with E-state index in [-0.39, 0.29) is 24.0 Å². The first kappa shape index (κ1) is 21.3. The third-order valence-corrected chi connectivity index (χ3v) is 5.67. The first-order chi connectivity index (χ1) is 12.2. The maximum absolute atomic E-state index is 5.95. The van der Waals surface area contributed by atoms with Crippen LogP contribution in [0.2, 0.25) is 0 Å². The lowest BCUT2D eigenvalue weighted by Gasteiger charge is -2.61. The zero-order valence-electron chi connectivity index (χ0n) is 16.1. The lowest BCUT2D eigenvalue weighted by Crippen LogP contribution is -2.68. The second-order valence-corrected chi connectivity index (χ2v) is 7.01. The Hall–Kier alpha value is -1.02. The number of ether oxygens (including phenoxy) is 2. The minimum atomic E-state index is 0. The Morgan fingerprint density at radius 1 is 1.23 bits per heavy atom. The van der Waals surface area contributed by atoms with Crippen molar-refractivity contribution < 1.29 is 9.47 Å². The average molecular weight is 473 g/mol. The van der Waals surface area contributed by atoms with Gasteiger partial charge in [0.25, 0.3) is 0 Å². The van der Waals surface area contributed by atoms with E-state index >= 15 is 0 Å². The standard InChI is InChI=1S/C20H31N3O2.HI/c1-4-21-19(22-14-15-7-9-16(24-3)10-8-15)23-17-13-18(25-5-2)20(17)11-6-12-20;/h7-10,17-18H,4-6,11-14H2,1-3H3,(H2,21,22,23);1H. The van der Waals surface area contributed by atoms with E-state index in [9.17, 15) is 0 Å². The molecule has 1 spiro atoms. The highest BCUT2D eigenvalue weighted by molar-refractivity contribution is 14.0. The summed E-state index contributed by atoms with van der Waals surface area (Å²) in [5, 5.41) is 7.04. The monoisotopic (exact) mass is 473 g/mol. The third kappa shape index (κ3) is 4.44. The molecule has 3 rings (SSSR count). The number of aliphatic imine (C=N–C) groups is 1. The molecule has 2 atom stereocenters. The normalized spacial score (nSPS) is 23.4. The maximum atomic E-state index is 5.95. The highest BCUT2D eigenvalue weighted by Crippen LogP contribution is 2.57. The molecule has 146 valence electrons. The van der Waals surface area contributed by atoms with Crippen LogP contribution in [0, 0.1) is 5.41 Å². The summed E-state index contributed by atoms with van der Waals surface area (Å²) in [7, 11) is 1.69. The van der Waals surface area contributed by atoms with Gasteiger partial charge in [0.2, 0.25) is 0 Å². The highest BCUT2D eigenvalue weighted by atomic mass is 127. The Labute approximate surface area is 174 Å². The number of guanidine groups is 1. The van der Waals surface area contributed by atoms with Gasteiger partial charge in [-0.05, 0) is 50.8 Å². The van der Waals surface area contributed by atoms with E-state index in [0.29, 0.717) is 24.1 Å². The lowest BCUT2D eigenvalue weighted by atomic mass is 9.51. The molecule has 0 aliphatic heterocycles.